The molecule has 0 aromatic carbocycles. The fraction of sp³-hybridized carbons (Fsp3) is 0.750. The van der Waals surface area contributed by atoms with E-state index in [1.807, 2.05) is 4.68 Å². The minimum atomic E-state index is 0.142. The van der Waals surface area contributed by atoms with Crippen LogP contribution in [-0.4, -0.2) is 16.9 Å². The van der Waals surface area contributed by atoms with E-state index in [1.54, 1.807) is 13.3 Å². The molecule has 0 saturated heterocycles. The summed E-state index contributed by atoms with van der Waals surface area (Å²) in [5.74, 6) is 7.15. The molecule has 17 heavy (non-hydrogen) atoms. The lowest BCUT2D eigenvalue weighted by molar-refractivity contribution is 0.216. The van der Waals surface area contributed by atoms with Crippen molar-refractivity contribution < 1.29 is 4.74 Å². The molecule has 1 aliphatic rings. The van der Waals surface area contributed by atoms with Gasteiger partial charge in [0.2, 0.25) is 0 Å². The number of methoxy groups -OCH3 is 1. The van der Waals surface area contributed by atoms with E-state index in [0.29, 0.717) is 12.0 Å². The van der Waals surface area contributed by atoms with E-state index >= 15 is 0 Å². The van der Waals surface area contributed by atoms with E-state index in [1.165, 1.54) is 19.3 Å². The Kier molecular flexibility index (Phi) is 3.69. The summed E-state index contributed by atoms with van der Waals surface area (Å²) in [6.45, 7) is 4.23. The molecule has 1 aromatic heterocycles. The average Bonchev–Trinajstić information content (AvgIpc) is 2.66. The first-order chi connectivity index (χ1) is 8.19. The molecule has 1 atom stereocenters. The minimum absolute atomic E-state index is 0.142. The third-order valence-corrected chi connectivity index (χ3v) is 3.60. The number of rotatable bonds is 5. The third kappa shape index (κ3) is 2.17. The van der Waals surface area contributed by atoms with E-state index in [-0.39, 0.29) is 6.04 Å². The first-order valence-corrected chi connectivity index (χ1v) is 6.26. The largest absolute Gasteiger partial charge is 0.493 e. The number of nitrogens with zero attached hydrogens (tertiary/aromatic N) is 2. The van der Waals surface area contributed by atoms with E-state index in [4.69, 9.17) is 10.6 Å². The number of hydrogen-bond acceptors (Lipinski definition) is 4. The van der Waals surface area contributed by atoms with Gasteiger partial charge in [0.05, 0.1) is 25.0 Å². The maximum Gasteiger partial charge on any atom is 0.161 e. The van der Waals surface area contributed by atoms with Gasteiger partial charge in [-0.3, -0.25) is 16.0 Å². The topological polar surface area (TPSA) is 65.1 Å². The molecule has 0 radical (unpaired) electrons. The first kappa shape index (κ1) is 12.4. The second-order valence-electron chi connectivity index (χ2n) is 4.97. The predicted molar refractivity (Wildman–Crippen MR) is 66.6 cm³/mol. The Labute approximate surface area is 102 Å². The van der Waals surface area contributed by atoms with Gasteiger partial charge >= 0.3 is 0 Å². The molecule has 0 amide bonds. The van der Waals surface area contributed by atoms with Crippen molar-refractivity contribution in [3.63, 3.8) is 0 Å². The van der Waals surface area contributed by atoms with Crippen LogP contribution in [0.1, 0.15) is 50.9 Å². The van der Waals surface area contributed by atoms with Crippen molar-refractivity contribution in [2.24, 2.45) is 11.8 Å². The number of hydrogen-bond donors (Lipinski definition) is 2. The van der Waals surface area contributed by atoms with Crippen molar-refractivity contribution >= 4 is 0 Å². The fourth-order valence-electron chi connectivity index (χ4n) is 2.43. The van der Waals surface area contributed by atoms with Gasteiger partial charge in [0.1, 0.15) is 0 Å². The standard InChI is InChI=1S/C12H22N4O/c1-8(2)16-12(10(17-3)7-14-16)11(15-13)9-5-4-6-9/h7-9,11,15H,4-6,13H2,1-3H3. The second kappa shape index (κ2) is 5.06. The first-order valence-electron chi connectivity index (χ1n) is 6.26. The van der Waals surface area contributed by atoms with E-state index in [0.717, 1.165) is 11.4 Å². The summed E-state index contributed by atoms with van der Waals surface area (Å²) in [6, 6.07) is 0.452. The Morgan fingerprint density at radius 2 is 2.24 bits per heavy atom. The van der Waals surface area contributed by atoms with Crippen LogP contribution in [0.3, 0.4) is 0 Å². The van der Waals surface area contributed by atoms with E-state index < -0.39 is 0 Å². The van der Waals surface area contributed by atoms with Crippen LogP contribution in [0.15, 0.2) is 6.20 Å². The van der Waals surface area contributed by atoms with Gasteiger partial charge in [-0.25, -0.2) is 0 Å². The van der Waals surface area contributed by atoms with Crippen molar-refractivity contribution in [3.8, 4) is 5.75 Å². The van der Waals surface area contributed by atoms with Crippen molar-refractivity contribution in [2.45, 2.75) is 45.2 Å². The Balaban J connectivity index is 2.35. The zero-order chi connectivity index (χ0) is 12.4. The molecule has 0 spiro atoms. The fourth-order valence-corrected chi connectivity index (χ4v) is 2.43. The Bertz CT molecular complexity index is 371. The van der Waals surface area contributed by atoms with Crippen LogP contribution in [-0.2, 0) is 0 Å². The second-order valence-corrected chi connectivity index (χ2v) is 4.97. The number of ether oxygens (including phenoxy) is 1. The highest BCUT2D eigenvalue weighted by Gasteiger charge is 2.32. The van der Waals surface area contributed by atoms with Crippen molar-refractivity contribution in [3.05, 3.63) is 11.9 Å². The highest BCUT2D eigenvalue weighted by Crippen LogP contribution is 2.40. The molecular weight excluding hydrogens is 216 g/mol. The quantitative estimate of drug-likeness (QED) is 0.606. The minimum Gasteiger partial charge on any atom is -0.493 e. The number of nitrogens with two attached hydrogens (primary N) is 1. The Morgan fingerprint density at radius 3 is 2.65 bits per heavy atom. The smallest absolute Gasteiger partial charge is 0.161 e. The summed E-state index contributed by atoms with van der Waals surface area (Å²) in [5.41, 5.74) is 4.01. The van der Waals surface area contributed by atoms with E-state index in [9.17, 15) is 0 Å². The molecule has 1 saturated carbocycles. The van der Waals surface area contributed by atoms with Gasteiger partial charge in [0, 0.05) is 6.04 Å². The predicted octanol–water partition coefficient (Wildman–Crippen LogP) is 1.78. The number of hydrazine groups is 1. The third-order valence-electron chi connectivity index (χ3n) is 3.60. The molecule has 1 aliphatic carbocycles. The number of nitrogens with one attached hydrogen (secondary N) is 1. The Morgan fingerprint density at radius 1 is 1.53 bits per heavy atom. The maximum atomic E-state index is 5.72. The summed E-state index contributed by atoms with van der Waals surface area (Å²) in [5, 5.41) is 4.39. The average molecular weight is 238 g/mol. The molecule has 0 bridgehead atoms. The van der Waals surface area contributed by atoms with Crippen LogP contribution in [0.25, 0.3) is 0 Å². The van der Waals surface area contributed by atoms with Gasteiger partial charge in [-0.15, -0.1) is 0 Å². The molecule has 2 rings (SSSR count). The molecule has 5 nitrogen and oxygen atoms in total. The SMILES string of the molecule is COc1cnn(C(C)C)c1C(NN)C1CCC1. The van der Waals surface area contributed by atoms with Crippen molar-refractivity contribution in [2.75, 3.05) is 7.11 Å². The summed E-state index contributed by atoms with van der Waals surface area (Å²) in [7, 11) is 1.68. The molecule has 1 unspecified atom stereocenters. The van der Waals surface area contributed by atoms with Gasteiger partial charge in [-0.2, -0.15) is 5.10 Å². The molecular formula is C12H22N4O. The molecule has 3 N–H and O–H groups in total. The molecule has 1 heterocycles. The van der Waals surface area contributed by atoms with Gasteiger partial charge in [-0.1, -0.05) is 6.42 Å². The van der Waals surface area contributed by atoms with Crippen LogP contribution >= 0.6 is 0 Å². The summed E-state index contributed by atoms with van der Waals surface area (Å²) >= 11 is 0. The zero-order valence-corrected chi connectivity index (χ0v) is 10.8. The van der Waals surface area contributed by atoms with Crippen LogP contribution < -0.4 is 16.0 Å². The van der Waals surface area contributed by atoms with Gasteiger partial charge < -0.3 is 4.74 Å². The molecule has 1 fully saturated rings. The summed E-state index contributed by atoms with van der Waals surface area (Å²) in [4.78, 5) is 0. The lowest BCUT2D eigenvalue weighted by atomic mass is 9.78. The monoisotopic (exact) mass is 238 g/mol. The summed E-state index contributed by atoms with van der Waals surface area (Å²) < 4.78 is 7.40. The lowest BCUT2D eigenvalue weighted by Gasteiger charge is -2.34. The van der Waals surface area contributed by atoms with Crippen molar-refractivity contribution in [1.29, 1.82) is 0 Å². The maximum absolute atomic E-state index is 5.72. The van der Waals surface area contributed by atoms with Gasteiger partial charge in [0.25, 0.3) is 0 Å². The van der Waals surface area contributed by atoms with Gasteiger partial charge in [-0.05, 0) is 32.6 Å². The molecule has 1 aromatic rings. The highest BCUT2D eigenvalue weighted by molar-refractivity contribution is 5.29. The van der Waals surface area contributed by atoms with Crippen LogP contribution in [0.4, 0.5) is 0 Å². The normalized spacial score (nSPS) is 18.2. The number of aromatic nitrogens is 2. The molecule has 0 aliphatic heterocycles. The van der Waals surface area contributed by atoms with Crippen LogP contribution in [0.2, 0.25) is 0 Å². The zero-order valence-electron chi connectivity index (χ0n) is 10.8. The van der Waals surface area contributed by atoms with E-state index in [2.05, 4.69) is 24.4 Å². The molecule has 5 heteroatoms. The van der Waals surface area contributed by atoms with Crippen molar-refractivity contribution in [1.82, 2.24) is 15.2 Å². The lowest BCUT2D eigenvalue weighted by Crippen LogP contribution is -2.38. The highest BCUT2D eigenvalue weighted by atomic mass is 16.5. The summed E-state index contributed by atoms with van der Waals surface area (Å²) in [6.07, 6.45) is 5.52. The van der Waals surface area contributed by atoms with Crippen LogP contribution in [0.5, 0.6) is 5.75 Å². The molecule has 96 valence electrons. The van der Waals surface area contributed by atoms with Gasteiger partial charge in [0.15, 0.2) is 5.75 Å². The van der Waals surface area contributed by atoms with Crippen LogP contribution in [0, 0.1) is 5.92 Å². The Hall–Kier alpha value is -1.07.